The van der Waals surface area contributed by atoms with Gasteiger partial charge in [0.1, 0.15) is 0 Å². The third-order valence-electron chi connectivity index (χ3n) is 5.16. The molecular formula is C23H25Cl2N7O3. The van der Waals surface area contributed by atoms with Crippen molar-refractivity contribution in [3.8, 4) is 0 Å². The molecule has 0 spiro atoms. The van der Waals surface area contributed by atoms with Gasteiger partial charge in [0.15, 0.2) is 11.6 Å². The van der Waals surface area contributed by atoms with Crippen LogP contribution in [0.4, 0.5) is 23.3 Å². The van der Waals surface area contributed by atoms with Crippen molar-refractivity contribution in [1.29, 1.82) is 0 Å². The van der Waals surface area contributed by atoms with Gasteiger partial charge in [0.2, 0.25) is 5.95 Å². The molecule has 1 fully saturated rings. The highest BCUT2D eigenvalue weighted by molar-refractivity contribution is 6.40. The molecule has 2 aromatic heterocycles. The molecular weight excluding hydrogens is 493 g/mol. The third-order valence-corrected chi connectivity index (χ3v) is 5.79. The number of nitrogens with zero attached hydrogens (tertiary/aromatic N) is 4. The van der Waals surface area contributed by atoms with Crippen molar-refractivity contribution < 1.29 is 15.0 Å². The van der Waals surface area contributed by atoms with E-state index in [2.05, 4.69) is 31.0 Å². The molecule has 0 aliphatic heterocycles. The molecule has 10 nitrogen and oxygen atoms in total. The Balaban J connectivity index is 1.65. The second-order valence-electron chi connectivity index (χ2n) is 7.82. The summed E-state index contributed by atoms with van der Waals surface area (Å²) < 4.78 is 0. The number of halogens is 2. The summed E-state index contributed by atoms with van der Waals surface area (Å²) in [5.41, 5.74) is 4.61. The quantitative estimate of drug-likeness (QED) is 0.242. The summed E-state index contributed by atoms with van der Waals surface area (Å²) in [4.78, 5) is 26.4. The fourth-order valence-corrected chi connectivity index (χ4v) is 3.94. The number of aliphatic hydroxyl groups excluding tert-OH is 2. The Morgan fingerprint density at radius 2 is 1.77 bits per heavy atom. The summed E-state index contributed by atoms with van der Waals surface area (Å²) in [7, 11) is 0. The minimum atomic E-state index is -0.457. The van der Waals surface area contributed by atoms with E-state index in [1.165, 1.54) is 0 Å². The molecule has 2 heterocycles. The number of hydrogen-bond donors (Lipinski definition) is 5. The maximum absolute atomic E-state index is 12.8. The number of nitrogens with one attached hydrogen (secondary N) is 3. The van der Waals surface area contributed by atoms with Crippen LogP contribution in [0.1, 0.15) is 34.8 Å². The highest BCUT2D eigenvalue weighted by atomic mass is 35.5. The molecule has 4 rings (SSSR count). The van der Waals surface area contributed by atoms with Gasteiger partial charge < -0.3 is 20.8 Å². The lowest BCUT2D eigenvalue weighted by atomic mass is 10.2. The number of hydrazine groups is 1. The average Bonchev–Trinajstić information content (AvgIpc) is 3.69. The summed E-state index contributed by atoms with van der Waals surface area (Å²) in [6.45, 7) is 0.364. The Morgan fingerprint density at radius 3 is 2.46 bits per heavy atom. The van der Waals surface area contributed by atoms with E-state index in [0.717, 1.165) is 18.5 Å². The number of benzene rings is 1. The van der Waals surface area contributed by atoms with Crippen LogP contribution in [0, 0.1) is 0 Å². The molecule has 1 saturated carbocycles. The summed E-state index contributed by atoms with van der Waals surface area (Å²) in [5, 5.41) is 26.5. The van der Waals surface area contributed by atoms with E-state index in [4.69, 9.17) is 23.2 Å². The number of rotatable bonds is 11. The van der Waals surface area contributed by atoms with E-state index in [1.54, 1.807) is 41.5 Å². The first-order chi connectivity index (χ1) is 17.0. The Kier molecular flexibility index (Phi) is 8.32. The Labute approximate surface area is 212 Å². The van der Waals surface area contributed by atoms with Crippen LogP contribution in [-0.4, -0.2) is 57.4 Å². The van der Waals surface area contributed by atoms with Gasteiger partial charge in [-0.2, -0.15) is 4.98 Å². The average molecular weight is 518 g/mol. The second-order valence-corrected chi connectivity index (χ2v) is 8.63. The number of carbonyl (C=O) groups excluding carboxylic acids is 1. The summed E-state index contributed by atoms with van der Waals surface area (Å²) in [5.74, 6) is 1.20. The number of aromatic nitrogens is 3. The molecule has 0 atom stereocenters. The molecule has 12 heteroatoms. The predicted molar refractivity (Wildman–Crippen MR) is 135 cm³/mol. The van der Waals surface area contributed by atoms with Gasteiger partial charge in [-0.1, -0.05) is 29.3 Å². The highest BCUT2D eigenvalue weighted by Crippen LogP contribution is 2.40. The van der Waals surface area contributed by atoms with E-state index >= 15 is 0 Å². The zero-order valence-corrected chi connectivity index (χ0v) is 20.2. The SMILES string of the molecule is O=C(Nc1ccnc(N(NCCO)c2cc(C3CC3)nc(NCCO)n2)c1)c1c(Cl)cccc1Cl. The minimum Gasteiger partial charge on any atom is -0.395 e. The lowest BCUT2D eigenvalue weighted by Gasteiger charge is -2.24. The Hall–Kier alpha value is -3.02. The number of amides is 1. The predicted octanol–water partition coefficient (Wildman–Crippen LogP) is 3.35. The first-order valence-corrected chi connectivity index (χ1v) is 11.9. The number of carbonyl (C=O) groups is 1. The van der Waals surface area contributed by atoms with Crippen molar-refractivity contribution in [3.63, 3.8) is 0 Å². The third kappa shape index (κ3) is 6.36. The highest BCUT2D eigenvalue weighted by Gasteiger charge is 2.27. The lowest BCUT2D eigenvalue weighted by Crippen LogP contribution is -2.37. The molecule has 184 valence electrons. The molecule has 3 aromatic rings. The molecule has 0 unspecified atom stereocenters. The fourth-order valence-electron chi connectivity index (χ4n) is 3.37. The van der Waals surface area contributed by atoms with Crippen molar-refractivity contribution in [1.82, 2.24) is 20.4 Å². The minimum absolute atomic E-state index is 0.0580. The normalized spacial score (nSPS) is 12.9. The molecule has 1 aliphatic rings. The zero-order chi connectivity index (χ0) is 24.8. The number of aliphatic hydroxyl groups is 2. The monoisotopic (exact) mass is 517 g/mol. The Morgan fingerprint density at radius 1 is 1.03 bits per heavy atom. The second kappa shape index (κ2) is 11.6. The topological polar surface area (TPSA) is 136 Å². The van der Waals surface area contributed by atoms with Crippen molar-refractivity contribution >= 4 is 52.4 Å². The molecule has 1 aliphatic carbocycles. The van der Waals surface area contributed by atoms with Gasteiger partial charge in [-0.05, 0) is 31.0 Å². The largest absolute Gasteiger partial charge is 0.395 e. The van der Waals surface area contributed by atoms with Crippen molar-refractivity contribution in [2.45, 2.75) is 18.8 Å². The van der Waals surface area contributed by atoms with Crippen molar-refractivity contribution in [2.75, 3.05) is 41.9 Å². The van der Waals surface area contributed by atoms with Gasteiger partial charge in [-0.3, -0.25) is 4.79 Å². The first kappa shape index (κ1) is 25.1. The molecule has 0 bridgehead atoms. The molecule has 1 aromatic carbocycles. The molecule has 0 saturated heterocycles. The van der Waals surface area contributed by atoms with Gasteiger partial charge in [-0.25, -0.2) is 20.4 Å². The van der Waals surface area contributed by atoms with Crippen LogP contribution in [-0.2, 0) is 0 Å². The van der Waals surface area contributed by atoms with E-state index in [9.17, 15) is 15.0 Å². The van der Waals surface area contributed by atoms with Gasteiger partial charge in [0.05, 0.1) is 34.5 Å². The molecule has 0 radical (unpaired) electrons. The standard InChI is InChI=1S/C23H25Cl2N7O3/c24-16-2-1-3-17(25)21(16)22(35)29-15-6-7-26-19(12-15)32(28-9-11-34)20-13-18(14-4-5-14)30-23(31-20)27-8-10-33/h1-3,6-7,12-14,28,33-34H,4-5,8-11H2,(H,26,29,35)(H,27,30,31). The van der Waals surface area contributed by atoms with Gasteiger partial charge >= 0.3 is 0 Å². The van der Waals surface area contributed by atoms with Crippen LogP contribution in [0.2, 0.25) is 10.0 Å². The van der Waals surface area contributed by atoms with E-state index in [1.807, 2.05) is 6.07 Å². The summed E-state index contributed by atoms with van der Waals surface area (Å²) in [6, 6.07) is 10.0. The van der Waals surface area contributed by atoms with Crippen LogP contribution in [0.25, 0.3) is 0 Å². The van der Waals surface area contributed by atoms with Crippen LogP contribution in [0.15, 0.2) is 42.6 Å². The molecule has 35 heavy (non-hydrogen) atoms. The maximum Gasteiger partial charge on any atom is 0.258 e. The fraction of sp³-hybridized carbons (Fsp3) is 0.304. The van der Waals surface area contributed by atoms with E-state index in [0.29, 0.717) is 35.7 Å². The number of anilines is 4. The molecule has 5 N–H and O–H groups in total. The smallest absolute Gasteiger partial charge is 0.258 e. The van der Waals surface area contributed by atoms with Crippen LogP contribution in [0.3, 0.4) is 0 Å². The number of hydrogen-bond acceptors (Lipinski definition) is 9. The van der Waals surface area contributed by atoms with E-state index in [-0.39, 0.29) is 35.4 Å². The van der Waals surface area contributed by atoms with Gasteiger partial charge in [0.25, 0.3) is 5.91 Å². The molecule has 1 amide bonds. The van der Waals surface area contributed by atoms with Gasteiger partial charge in [0, 0.05) is 43.0 Å². The summed E-state index contributed by atoms with van der Waals surface area (Å²) >= 11 is 12.3. The maximum atomic E-state index is 12.8. The zero-order valence-electron chi connectivity index (χ0n) is 18.7. The van der Waals surface area contributed by atoms with Crippen molar-refractivity contribution in [3.05, 3.63) is 63.9 Å². The number of pyridine rings is 1. The van der Waals surface area contributed by atoms with Gasteiger partial charge in [-0.15, -0.1) is 0 Å². The summed E-state index contributed by atoms with van der Waals surface area (Å²) in [6.07, 6.45) is 3.63. The Bertz CT molecular complexity index is 1170. The van der Waals surface area contributed by atoms with Crippen LogP contribution in [0.5, 0.6) is 0 Å². The van der Waals surface area contributed by atoms with Crippen LogP contribution >= 0.6 is 23.2 Å². The first-order valence-electron chi connectivity index (χ1n) is 11.1. The lowest BCUT2D eigenvalue weighted by molar-refractivity contribution is 0.102. The van der Waals surface area contributed by atoms with Crippen molar-refractivity contribution in [2.24, 2.45) is 0 Å². The van der Waals surface area contributed by atoms with Crippen LogP contribution < -0.4 is 21.1 Å². The van der Waals surface area contributed by atoms with E-state index < -0.39 is 5.91 Å².